The molecule has 1 saturated heterocycles. The van der Waals surface area contributed by atoms with Crippen molar-refractivity contribution in [3.8, 4) is 0 Å². The van der Waals surface area contributed by atoms with E-state index in [1.54, 1.807) is 0 Å². The normalized spacial score (nSPS) is 18.2. The summed E-state index contributed by atoms with van der Waals surface area (Å²) in [5.41, 5.74) is 9.32. The second-order valence-corrected chi connectivity index (χ2v) is 5.27. The fourth-order valence-electron chi connectivity index (χ4n) is 2.09. The summed E-state index contributed by atoms with van der Waals surface area (Å²) in [5.74, 6) is -0.0978. The molecule has 1 aromatic rings. The minimum atomic E-state index is -0.510. The fourth-order valence-corrected chi connectivity index (χ4v) is 2.09. The first kappa shape index (κ1) is 14.8. The number of guanidine groups is 1. The molecule has 2 rings (SSSR count). The molecule has 1 fully saturated rings. The van der Waals surface area contributed by atoms with Crippen LogP contribution in [-0.4, -0.2) is 31.5 Å². The molecule has 0 unspecified atom stereocenters. The number of hydrogen-bond donors (Lipinski definition) is 2. The van der Waals surface area contributed by atoms with Crippen molar-refractivity contribution in [2.45, 2.75) is 33.0 Å². The molecule has 5 nitrogen and oxygen atoms in total. The van der Waals surface area contributed by atoms with Crippen LogP contribution >= 0.6 is 0 Å². The number of benzene rings is 1. The van der Waals surface area contributed by atoms with Gasteiger partial charge in [0.1, 0.15) is 0 Å². The lowest BCUT2D eigenvalue weighted by molar-refractivity contribution is -0.144. The summed E-state index contributed by atoms with van der Waals surface area (Å²) < 4.78 is 11.0. The summed E-state index contributed by atoms with van der Waals surface area (Å²) in [4.78, 5) is 4.30. The third kappa shape index (κ3) is 3.95. The van der Waals surface area contributed by atoms with Gasteiger partial charge in [0, 0.05) is 18.7 Å². The van der Waals surface area contributed by atoms with Gasteiger partial charge in [-0.2, -0.15) is 0 Å². The molecule has 0 bridgehead atoms. The second-order valence-electron chi connectivity index (χ2n) is 5.27. The predicted octanol–water partition coefficient (Wildman–Crippen LogP) is 2.18. The lowest BCUT2D eigenvalue weighted by Gasteiger charge is -2.20. The highest BCUT2D eigenvalue weighted by Crippen LogP contribution is 2.22. The van der Waals surface area contributed by atoms with Crippen LogP contribution in [0, 0.1) is 13.8 Å². The van der Waals surface area contributed by atoms with Crippen molar-refractivity contribution in [2.24, 2.45) is 10.7 Å². The Hall–Kier alpha value is -1.59. The van der Waals surface area contributed by atoms with Gasteiger partial charge in [-0.1, -0.05) is 6.07 Å². The zero-order valence-corrected chi connectivity index (χ0v) is 12.4. The molecular formula is C15H23N3O2. The molecule has 1 aliphatic heterocycles. The SMILES string of the molecule is Cc1ccc(NC(N)=NCCC2(C)OCCO2)cc1C. The van der Waals surface area contributed by atoms with Crippen molar-refractivity contribution in [3.05, 3.63) is 29.3 Å². The van der Waals surface area contributed by atoms with Crippen LogP contribution in [-0.2, 0) is 9.47 Å². The number of rotatable bonds is 4. The van der Waals surface area contributed by atoms with Gasteiger partial charge in [0.15, 0.2) is 11.7 Å². The number of nitrogens with two attached hydrogens (primary N) is 1. The predicted molar refractivity (Wildman–Crippen MR) is 81.0 cm³/mol. The largest absolute Gasteiger partial charge is 0.370 e. The van der Waals surface area contributed by atoms with Crippen LogP contribution in [0.4, 0.5) is 5.69 Å². The highest BCUT2D eigenvalue weighted by Gasteiger charge is 2.30. The Balaban J connectivity index is 1.85. The Morgan fingerprint density at radius 3 is 2.65 bits per heavy atom. The molecule has 0 saturated carbocycles. The maximum Gasteiger partial charge on any atom is 0.193 e. The van der Waals surface area contributed by atoms with E-state index in [2.05, 4.69) is 36.3 Å². The van der Waals surface area contributed by atoms with Crippen molar-refractivity contribution < 1.29 is 9.47 Å². The number of ether oxygens (including phenoxy) is 2. The zero-order valence-electron chi connectivity index (χ0n) is 12.4. The van der Waals surface area contributed by atoms with Gasteiger partial charge in [-0.3, -0.25) is 4.99 Å². The summed E-state index contributed by atoms with van der Waals surface area (Å²) in [7, 11) is 0. The first-order valence-electron chi connectivity index (χ1n) is 6.91. The Labute approximate surface area is 120 Å². The number of anilines is 1. The van der Waals surface area contributed by atoms with E-state index in [0.29, 0.717) is 32.1 Å². The molecule has 3 N–H and O–H groups in total. The van der Waals surface area contributed by atoms with E-state index in [1.165, 1.54) is 11.1 Å². The average Bonchev–Trinajstić information content (AvgIpc) is 2.81. The zero-order chi connectivity index (χ0) is 14.6. The van der Waals surface area contributed by atoms with Crippen molar-refractivity contribution in [2.75, 3.05) is 25.1 Å². The molecular weight excluding hydrogens is 254 g/mol. The highest BCUT2D eigenvalue weighted by molar-refractivity contribution is 5.92. The van der Waals surface area contributed by atoms with E-state index >= 15 is 0 Å². The van der Waals surface area contributed by atoms with E-state index in [1.807, 2.05) is 13.0 Å². The molecule has 110 valence electrons. The number of aryl methyl sites for hydroxylation is 2. The van der Waals surface area contributed by atoms with E-state index in [0.717, 1.165) is 5.69 Å². The summed E-state index contributed by atoms with van der Waals surface area (Å²) in [6, 6.07) is 6.11. The fraction of sp³-hybridized carbons (Fsp3) is 0.533. The third-order valence-corrected chi connectivity index (χ3v) is 3.53. The van der Waals surface area contributed by atoms with Crippen LogP contribution in [0.5, 0.6) is 0 Å². The molecule has 0 aliphatic carbocycles. The molecule has 1 aromatic carbocycles. The van der Waals surface area contributed by atoms with Gasteiger partial charge in [-0.15, -0.1) is 0 Å². The molecule has 0 amide bonds. The van der Waals surface area contributed by atoms with Crippen LogP contribution in [0.1, 0.15) is 24.5 Å². The standard InChI is InChI=1S/C15H23N3O2/c1-11-4-5-13(10-12(11)2)18-14(16)17-7-6-15(3)19-8-9-20-15/h4-5,10H,6-9H2,1-3H3,(H3,16,17,18). The topological polar surface area (TPSA) is 68.9 Å². The van der Waals surface area contributed by atoms with Gasteiger partial charge in [0.2, 0.25) is 0 Å². The lowest BCUT2D eigenvalue weighted by Crippen LogP contribution is -2.28. The molecule has 0 spiro atoms. The quantitative estimate of drug-likeness (QED) is 0.654. The van der Waals surface area contributed by atoms with Gasteiger partial charge in [0.25, 0.3) is 0 Å². The Bertz CT molecular complexity index is 494. The molecule has 1 heterocycles. The number of nitrogens with zero attached hydrogens (tertiary/aromatic N) is 1. The van der Waals surface area contributed by atoms with Crippen molar-refractivity contribution in [3.63, 3.8) is 0 Å². The van der Waals surface area contributed by atoms with Crippen LogP contribution < -0.4 is 11.1 Å². The minimum Gasteiger partial charge on any atom is -0.370 e. The maximum atomic E-state index is 5.88. The molecule has 0 aromatic heterocycles. The summed E-state index contributed by atoms with van der Waals surface area (Å²) in [6.07, 6.45) is 0.697. The van der Waals surface area contributed by atoms with Crippen LogP contribution in [0.15, 0.2) is 23.2 Å². The second kappa shape index (κ2) is 6.24. The molecule has 1 aliphatic rings. The minimum absolute atomic E-state index is 0.412. The lowest BCUT2D eigenvalue weighted by atomic mass is 10.1. The summed E-state index contributed by atoms with van der Waals surface area (Å²) in [5, 5.41) is 3.09. The third-order valence-electron chi connectivity index (χ3n) is 3.53. The van der Waals surface area contributed by atoms with E-state index in [4.69, 9.17) is 15.2 Å². The Kier molecular flexibility index (Phi) is 4.62. The van der Waals surface area contributed by atoms with E-state index in [9.17, 15) is 0 Å². The highest BCUT2D eigenvalue weighted by atomic mass is 16.7. The van der Waals surface area contributed by atoms with E-state index in [-0.39, 0.29) is 0 Å². The average molecular weight is 277 g/mol. The molecule has 20 heavy (non-hydrogen) atoms. The summed E-state index contributed by atoms with van der Waals surface area (Å²) in [6.45, 7) is 7.96. The van der Waals surface area contributed by atoms with Crippen LogP contribution in [0.25, 0.3) is 0 Å². The first-order valence-corrected chi connectivity index (χ1v) is 6.91. The van der Waals surface area contributed by atoms with Gasteiger partial charge in [-0.25, -0.2) is 0 Å². The van der Waals surface area contributed by atoms with Crippen LogP contribution in [0.2, 0.25) is 0 Å². The van der Waals surface area contributed by atoms with Crippen LogP contribution in [0.3, 0.4) is 0 Å². The van der Waals surface area contributed by atoms with Crippen molar-refractivity contribution >= 4 is 11.6 Å². The smallest absolute Gasteiger partial charge is 0.193 e. The van der Waals surface area contributed by atoms with Crippen molar-refractivity contribution in [1.29, 1.82) is 0 Å². The van der Waals surface area contributed by atoms with Gasteiger partial charge in [0.05, 0.1) is 13.2 Å². The monoisotopic (exact) mass is 277 g/mol. The Morgan fingerprint density at radius 1 is 1.30 bits per heavy atom. The number of hydrogen-bond acceptors (Lipinski definition) is 3. The number of nitrogens with one attached hydrogen (secondary N) is 1. The van der Waals surface area contributed by atoms with E-state index < -0.39 is 5.79 Å². The molecule has 0 atom stereocenters. The van der Waals surface area contributed by atoms with Gasteiger partial charge < -0.3 is 20.5 Å². The molecule has 5 heteroatoms. The van der Waals surface area contributed by atoms with Gasteiger partial charge >= 0.3 is 0 Å². The Morgan fingerprint density at radius 2 is 2.00 bits per heavy atom. The maximum absolute atomic E-state index is 5.88. The van der Waals surface area contributed by atoms with Crippen molar-refractivity contribution in [1.82, 2.24) is 0 Å². The number of aliphatic imine (C=N–C) groups is 1. The summed E-state index contributed by atoms with van der Waals surface area (Å²) >= 11 is 0. The molecule has 0 radical (unpaired) electrons. The first-order chi connectivity index (χ1) is 9.48. The van der Waals surface area contributed by atoms with Gasteiger partial charge in [-0.05, 0) is 44.0 Å².